The van der Waals surface area contributed by atoms with Gasteiger partial charge in [-0.25, -0.2) is 13.6 Å². The highest BCUT2D eigenvalue weighted by molar-refractivity contribution is 6.03. The second-order valence-electron chi connectivity index (χ2n) is 4.16. The maximum absolute atomic E-state index is 12.1. The summed E-state index contributed by atoms with van der Waals surface area (Å²) >= 11 is 0. The van der Waals surface area contributed by atoms with E-state index in [1.54, 1.807) is 0 Å². The number of ether oxygens (including phenoxy) is 1. The van der Waals surface area contributed by atoms with E-state index in [0.29, 0.717) is 5.06 Å². The third-order valence-electron chi connectivity index (χ3n) is 2.65. The molecule has 21 heavy (non-hydrogen) atoms. The van der Waals surface area contributed by atoms with E-state index in [4.69, 9.17) is 9.57 Å². The number of hydrogen-bond donors (Lipinski definition) is 0. The first-order valence-corrected chi connectivity index (χ1v) is 6.07. The third-order valence-corrected chi connectivity index (χ3v) is 2.65. The molecule has 2 amide bonds. The van der Waals surface area contributed by atoms with E-state index in [-0.39, 0.29) is 24.2 Å². The van der Waals surface area contributed by atoms with E-state index in [1.165, 1.54) is 24.3 Å². The van der Waals surface area contributed by atoms with Crippen LogP contribution in [0.1, 0.15) is 23.2 Å². The average Bonchev–Trinajstić information content (AvgIpc) is 2.77. The number of benzene rings is 1. The van der Waals surface area contributed by atoms with Gasteiger partial charge in [-0.05, 0) is 12.1 Å². The fourth-order valence-electron chi connectivity index (χ4n) is 1.70. The number of nitrogens with zero attached hydrogens (tertiary/aromatic N) is 1. The molecule has 1 saturated heterocycles. The molecule has 0 saturated carbocycles. The lowest BCUT2D eigenvalue weighted by atomic mass is 10.2. The lowest BCUT2D eigenvalue weighted by Crippen LogP contribution is -2.32. The molecule has 1 aliphatic heterocycles. The van der Waals surface area contributed by atoms with Gasteiger partial charge in [0.25, 0.3) is 18.2 Å². The predicted molar refractivity (Wildman–Crippen MR) is 64.4 cm³/mol. The van der Waals surface area contributed by atoms with Gasteiger partial charge >= 0.3 is 5.97 Å². The summed E-state index contributed by atoms with van der Waals surface area (Å²) in [5, 5.41) is 0.381. The van der Waals surface area contributed by atoms with E-state index in [0.717, 1.165) is 0 Å². The van der Waals surface area contributed by atoms with Gasteiger partial charge < -0.3 is 9.57 Å². The standard InChI is InChI=1S/C13H11F2NO5/c14-10(15)7-20-9-4-2-1-3-8(9)13(19)21-16-11(17)5-6-12(16)18/h1-4,10H,5-7H2. The highest BCUT2D eigenvalue weighted by Gasteiger charge is 2.33. The Bertz CT molecular complexity index is 559. The summed E-state index contributed by atoms with van der Waals surface area (Å²) in [4.78, 5) is 39.3. The van der Waals surface area contributed by atoms with Crippen molar-refractivity contribution < 1.29 is 32.7 Å². The molecule has 1 fully saturated rings. The molecule has 0 N–H and O–H groups in total. The monoisotopic (exact) mass is 299 g/mol. The molecule has 1 heterocycles. The number of amides is 2. The van der Waals surface area contributed by atoms with Crippen molar-refractivity contribution in [1.82, 2.24) is 5.06 Å². The number of hydrogen-bond acceptors (Lipinski definition) is 5. The maximum atomic E-state index is 12.1. The maximum Gasteiger partial charge on any atom is 0.367 e. The number of halogens is 2. The fraction of sp³-hybridized carbons (Fsp3) is 0.308. The second kappa shape index (κ2) is 6.29. The summed E-state index contributed by atoms with van der Waals surface area (Å²) in [7, 11) is 0. The Labute approximate surface area is 118 Å². The Kier molecular flexibility index (Phi) is 4.46. The quantitative estimate of drug-likeness (QED) is 0.771. The van der Waals surface area contributed by atoms with E-state index in [9.17, 15) is 23.2 Å². The number of alkyl halides is 2. The van der Waals surface area contributed by atoms with Crippen LogP contribution in [-0.2, 0) is 14.4 Å². The van der Waals surface area contributed by atoms with E-state index in [2.05, 4.69) is 0 Å². The van der Waals surface area contributed by atoms with Gasteiger partial charge in [-0.2, -0.15) is 0 Å². The summed E-state index contributed by atoms with van der Waals surface area (Å²) in [5.41, 5.74) is -0.148. The lowest BCUT2D eigenvalue weighted by Gasteiger charge is -2.14. The molecule has 0 unspecified atom stereocenters. The van der Waals surface area contributed by atoms with Crippen LogP contribution in [0.15, 0.2) is 24.3 Å². The van der Waals surface area contributed by atoms with Gasteiger partial charge in [0.1, 0.15) is 17.9 Å². The second-order valence-corrected chi connectivity index (χ2v) is 4.16. The normalized spacial score (nSPS) is 14.7. The molecule has 1 aromatic rings. The predicted octanol–water partition coefficient (Wildman–Crippen LogP) is 1.55. The first kappa shape index (κ1) is 14.9. The van der Waals surface area contributed by atoms with Gasteiger partial charge in [-0.15, -0.1) is 5.06 Å². The first-order chi connectivity index (χ1) is 9.99. The van der Waals surface area contributed by atoms with Gasteiger partial charge in [0, 0.05) is 12.8 Å². The van der Waals surface area contributed by atoms with Crippen molar-refractivity contribution in [3.8, 4) is 5.75 Å². The fourth-order valence-corrected chi connectivity index (χ4v) is 1.70. The molecule has 6 nitrogen and oxygen atoms in total. The molecule has 1 aromatic carbocycles. The number of para-hydroxylation sites is 1. The molecule has 8 heteroatoms. The first-order valence-electron chi connectivity index (χ1n) is 6.07. The zero-order valence-electron chi connectivity index (χ0n) is 10.8. The van der Waals surface area contributed by atoms with Gasteiger partial charge in [0.2, 0.25) is 0 Å². The Morgan fingerprint density at radius 2 is 1.81 bits per heavy atom. The SMILES string of the molecule is O=C(ON1C(=O)CCC1=O)c1ccccc1OCC(F)F. The van der Waals surface area contributed by atoms with Crippen LogP contribution in [0.25, 0.3) is 0 Å². The molecule has 0 atom stereocenters. The van der Waals surface area contributed by atoms with E-state index in [1.807, 2.05) is 0 Å². The minimum Gasteiger partial charge on any atom is -0.487 e. The van der Waals surface area contributed by atoms with Crippen molar-refractivity contribution in [2.24, 2.45) is 0 Å². The Hall–Kier alpha value is -2.51. The van der Waals surface area contributed by atoms with Crippen LogP contribution >= 0.6 is 0 Å². The molecular formula is C13H11F2NO5. The highest BCUT2D eigenvalue weighted by Crippen LogP contribution is 2.21. The van der Waals surface area contributed by atoms with Crippen LogP contribution in [0.4, 0.5) is 8.78 Å². The largest absolute Gasteiger partial charge is 0.487 e. The van der Waals surface area contributed by atoms with Crippen LogP contribution in [-0.4, -0.2) is 35.9 Å². The zero-order valence-corrected chi connectivity index (χ0v) is 10.8. The topological polar surface area (TPSA) is 72.9 Å². The van der Waals surface area contributed by atoms with Gasteiger partial charge in [0.15, 0.2) is 0 Å². The smallest absolute Gasteiger partial charge is 0.367 e. The van der Waals surface area contributed by atoms with Crippen LogP contribution < -0.4 is 4.74 Å². The summed E-state index contributed by atoms with van der Waals surface area (Å²) in [6.07, 6.45) is -2.76. The number of rotatable bonds is 5. The molecule has 0 bridgehead atoms. The summed E-state index contributed by atoms with van der Waals surface area (Å²) in [5.74, 6) is -2.39. The summed E-state index contributed by atoms with van der Waals surface area (Å²) in [6, 6.07) is 5.56. The third kappa shape index (κ3) is 3.53. The number of carbonyl (C=O) groups excluding carboxylic acids is 3. The Morgan fingerprint density at radius 3 is 2.43 bits per heavy atom. The molecule has 0 radical (unpaired) electrons. The van der Waals surface area contributed by atoms with E-state index >= 15 is 0 Å². The number of imide groups is 1. The average molecular weight is 299 g/mol. The van der Waals surface area contributed by atoms with Gasteiger partial charge in [-0.3, -0.25) is 9.59 Å². The number of hydroxylamine groups is 2. The summed E-state index contributed by atoms with van der Waals surface area (Å²) < 4.78 is 29.1. The lowest BCUT2D eigenvalue weighted by molar-refractivity contribution is -0.172. The van der Waals surface area contributed by atoms with Crippen LogP contribution in [0.5, 0.6) is 5.75 Å². The molecule has 0 aliphatic carbocycles. The van der Waals surface area contributed by atoms with Crippen molar-refractivity contribution in [1.29, 1.82) is 0 Å². The van der Waals surface area contributed by atoms with Crippen LogP contribution in [0, 0.1) is 0 Å². The zero-order chi connectivity index (χ0) is 15.4. The summed E-state index contributed by atoms with van der Waals surface area (Å²) in [6.45, 7) is -0.883. The minimum absolute atomic E-state index is 0.0321. The van der Waals surface area contributed by atoms with Crippen molar-refractivity contribution >= 4 is 17.8 Å². The minimum atomic E-state index is -2.70. The van der Waals surface area contributed by atoms with Crippen molar-refractivity contribution in [3.05, 3.63) is 29.8 Å². The Balaban J connectivity index is 2.11. The highest BCUT2D eigenvalue weighted by atomic mass is 19.3. The van der Waals surface area contributed by atoms with Crippen molar-refractivity contribution in [3.63, 3.8) is 0 Å². The molecule has 1 aliphatic rings. The van der Waals surface area contributed by atoms with E-state index < -0.39 is 30.8 Å². The molecule has 112 valence electrons. The molecule has 2 rings (SSSR count). The van der Waals surface area contributed by atoms with Gasteiger partial charge in [0.05, 0.1) is 0 Å². The number of carbonyl (C=O) groups is 3. The van der Waals surface area contributed by atoms with Crippen molar-refractivity contribution in [2.45, 2.75) is 19.3 Å². The van der Waals surface area contributed by atoms with Crippen LogP contribution in [0.3, 0.4) is 0 Å². The molecule has 0 aromatic heterocycles. The molecule has 0 spiro atoms. The Morgan fingerprint density at radius 1 is 1.19 bits per heavy atom. The molecular weight excluding hydrogens is 288 g/mol. The van der Waals surface area contributed by atoms with Crippen LogP contribution in [0.2, 0.25) is 0 Å². The van der Waals surface area contributed by atoms with Gasteiger partial charge in [-0.1, -0.05) is 12.1 Å². The van der Waals surface area contributed by atoms with Crippen molar-refractivity contribution in [2.75, 3.05) is 6.61 Å².